The van der Waals surface area contributed by atoms with Crippen LogP contribution in [0.1, 0.15) is 17.9 Å². The average Bonchev–Trinajstić information content (AvgIpc) is 3.44. The second kappa shape index (κ2) is 8.54. The van der Waals surface area contributed by atoms with Gasteiger partial charge in [-0.15, -0.1) is 0 Å². The molecular formula is C19H14F6N4O4S. The summed E-state index contributed by atoms with van der Waals surface area (Å²) in [6.45, 7) is -0.105. The molecule has 8 nitrogen and oxygen atoms in total. The maximum Gasteiger partial charge on any atom is 0.471 e. The zero-order valence-corrected chi connectivity index (χ0v) is 17.7. The fraction of sp³-hybridized carbons (Fsp3) is 0.316. The lowest BCUT2D eigenvalue weighted by Gasteiger charge is -2.18. The van der Waals surface area contributed by atoms with Crippen molar-refractivity contribution in [2.24, 2.45) is 0 Å². The highest BCUT2D eigenvalue weighted by Crippen LogP contribution is 2.32. The van der Waals surface area contributed by atoms with E-state index in [1.165, 1.54) is 12.1 Å². The fourth-order valence-corrected chi connectivity index (χ4v) is 4.74. The Kier molecular flexibility index (Phi) is 6.01. The van der Waals surface area contributed by atoms with E-state index in [0.29, 0.717) is 6.07 Å². The lowest BCUT2D eigenvalue weighted by atomic mass is 10.2. The van der Waals surface area contributed by atoms with E-state index in [-0.39, 0.29) is 36.8 Å². The van der Waals surface area contributed by atoms with Crippen LogP contribution in [0.2, 0.25) is 0 Å². The van der Waals surface area contributed by atoms with E-state index in [2.05, 4.69) is 19.6 Å². The Morgan fingerprint density at radius 3 is 2.44 bits per heavy atom. The summed E-state index contributed by atoms with van der Waals surface area (Å²) in [5, 5.41) is 3.24. The zero-order chi connectivity index (χ0) is 24.7. The number of rotatable bonds is 5. The number of pyridine rings is 1. The number of ether oxygens (including phenoxy) is 1. The quantitative estimate of drug-likeness (QED) is 0.481. The van der Waals surface area contributed by atoms with Gasteiger partial charge in [-0.3, -0.25) is 0 Å². The highest BCUT2D eigenvalue weighted by atomic mass is 32.2. The summed E-state index contributed by atoms with van der Waals surface area (Å²) >= 11 is 0. The molecule has 2 aromatic heterocycles. The smallest absolute Gasteiger partial charge is 0.471 e. The Balaban J connectivity index is 1.42. The van der Waals surface area contributed by atoms with Crippen LogP contribution in [0.4, 0.5) is 26.3 Å². The third kappa shape index (κ3) is 4.99. The second-order valence-electron chi connectivity index (χ2n) is 7.22. The third-order valence-electron chi connectivity index (χ3n) is 4.86. The van der Waals surface area contributed by atoms with E-state index in [4.69, 9.17) is 4.74 Å². The monoisotopic (exact) mass is 508 g/mol. The summed E-state index contributed by atoms with van der Waals surface area (Å²) in [5.74, 6) is -1.77. The molecule has 1 unspecified atom stereocenters. The largest absolute Gasteiger partial charge is 0.473 e. The first kappa shape index (κ1) is 23.9. The van der Waals surface area contributed by atoms with Crippen molar-refractivity contribution in [1.82, 2.24) is 19.4 Å². The molecule has 1 atom stereocenters. The van der Waals surface area contributed by atoms with Crippen LogP contribution in [0.5, 0.6) is 5.88 Å². The van der Waals surface area contributed by atoms with E-state index in [1.807, 2.05) is 0 Å². The first-order chi connectivity index (χ1) is 15.8. The summed E-state index contributed by atoms with van der Waals surface area (Å²) in [6, 6.07) is 6.14. The number of aromatic nitrogens is 3. The highest BCUT2D eigenvalue weighted by molar-refractivity contribution is 7.89. The van der Waals surface area contributed by atoms with Crippen LogP contribution >= 0.6 is 0 Å². The van der Waals surface area contributed by atoms with Crippen LogP contribution in [0.3, 0.4) is 0 Å². The van der Waals surface area contributed by atoms with Gasteiger partial charge in [-0.1, -0.05) is 11.2 Å². The van der Waals surface area contributed by atoms with Crippen LogP contribution in [0.25, 0.3) is 11.4 Å². The second-order valence-corrected chi connectivity index (χ2v) is 9.16. The normalized spacial score (nSPS) is 17.8. The van der Waals surface area contributed by atoms with Crippen LogP contribution in [0, 0.1) is 0 Å². The molecule has 1 aliphatic rings. The molecule has 0 amide bonds. The van der Waals surface area contributed by atoms with E-state index in [0.717, 1.165) is 28.7 Å². The number of alkyl halides is 6. The van der Waals surface area contributed by atoms with Gasteiger partial charge < -0.3 is 9.26 Å². The van der Waals surface area contributed by atoms with Crippen molar-refractivity contribution >= 4 is 10.0 Å². The standard InChI is InChI=1S/C19H14F6N4O4S/c20-18(21,22)12-2-1-3-14(8-12)34(30,31)29-7-6-13(10-29)32-15-5-4-11(9-26-15)16-27-17(33-28-16)19(23,24)25/h1-5,8-9,13H,6-7,10H2. The Bertz CT molecular complexity index is 1270. The Morgan fingerprint density at radius 1 is 1.06 bits per heavy atom. The Labute approximate surface area is 188 Å². The topological polar surface area (TPSA) is 98.4 Å². The fourth-order valence-electron chi connectivity index (χ4n) is 3.20. The van der Waals surface area contributed by atoms with Crippen LogP contribution < -0.4 is 4.74 Å². The number of hydrogen-bond donors (Lipinski definition) is 0. The van der Waals surface area contributed by atoms with Gasteiger partial charge in [0.15, 0.2) is 0 Å². The maximum absolute atomic E-state index is 12.9. The molecule has 1 saturated heterocycles. The summed E-state index contributed by atoms with van der Waals surface area (Å²) in [7, 11) is -4.19. The lowest BCUT2D eigenvalue weighted by molar-refractivity contribution is -0.159. The van der Waals surface area contributed by atoms with Crippen LogP contribution in [-0.2, 0) is 22.4 Å². The minimum Gasteiger partial charge on any atom is -0.473 e. The third-order valence-corrected chi connectivity index (χ3v) is 6.72. The summed E-state index contributed by atoms with van der Waals surface area (Å²) in [5.41, 5.74) is -0.944. The summed E-state index contributed by atoms with van der Waals surface area (Å²) < 4.78 is 113. The van der Waals surface area contributed by atoms with Crippen molar-refractivity contribution in [3.63, 3.8) is 0 Å². The molecule has 3 aromatic rings. The number of sulfonamides is 1. The molecule has 0 N–H and O–H groups in total. The molecule has 15 heteroatoms. The molecule has 3 heterocycles. The minimum atomic E-state index is -4.79. The number of nitrogens with zero attached hydrogens (tertiary/aromatic N) is 4. The van der Waals surface area contributed by atoms with Crippen LogP contribution in [0.15, 0.2) is 52.0 Å². The van der Waals surface area contributed by atoms with Crippen molar-refractivity contribution in [3.05, 3.63) is 54.0 Å². The van der Waals surface area contributed by atoms with Crippen molar-refractivity contribution in [3.8, 4) is 17.3 Å². The minimum absolute atomic E-state index is 0.0183. The zero-order valence-electron chi connectivity index (χ0n) is 16.8. The Hall–Kier alpha value is -3.20. The molecule has 182 valence electrons. The highest BCUT2D eigenvalue weighted by Gasteiger charge is 2.39. The summed E-state index contributed by atoms with van der Waals surface area (Å²) in [4.78, 5) is 6.72. The van der Waals surface area contributed by atoms with Crippen molar-refractivity contribution < 1.29 is 44.0 Å². The first-order valence-electron chi connectivity index (χ1n) is 9.55. The molecule has 34 heavy (non-hydrogen) atoms. The van der Waals surface area contributed by atoms with E-state index < -0.39 is 44.8 Å². The van der Waals surface area contributed by atoms with Gasteiger partial charge in [0.25, 0.3) is 0 Å². The van der Waals surface area contributed by atoms with E-state index in [1.54, 1.807) is 0 Å². The Morgan fingerprint density at radius 2 is 1.82 bits per heavy atom. The predicted molar refractivity (Wildman–Crippen MR) is 102 cm³/mol. The van der Waals surface area contributed by atoms with Gasteiger partial charge in [0.05, 0.1) is 17.0 Å². The van der Waals surface area contributed by atoms with E-state index in [9.17, 15) is 34.8 Å². The number of hydrogen-bond acceptors (Lipinski definition) is 7. The number of benzene rings is 1. The molecule has 4 rings (SSSR count). The average molecular weight is 508 g/mol. The molecule has 0 radical (unpaired) electrons. The molecule has 1 aromatic carbocycles. The first-order valence-corrected chi connectivity index (χ1v) is 11.0. The molecular weight excluding hydrogens is 494 g/mol. The van der Waals surface area contributed by atoms with E-state index >= 15 is 0 Å². The number of halogens is 6. The molecule has 0 spiro atoms. The molecule has 1 aliphatic heterocycles. The van der Waals surface area contributed by atoms with Crippen molar-refractivity contribution in [2.75, 3.05) is 13.1 Å². The van der Waals surface area contributed by atoms with Crippen LogP contribution in [-0.4, -0.2) is 47.0 Å². The maximum atomic E-state index is 12.9. The lowest BCUT2D eigenvalue weighted by Crippen LogP contribution is -2.31. The van der Waals surface area contributed by atoms with Gasteiger partial charge in [-0.2, -0.15) is 35.6 Å². The van der Waals surface area contributed by atoms with Gasteiger partial charge in [-0.25, -0.2) is 13.4 Å². The molecule has 0 bridgehead atoms. The van der Waals surface area contributed by atoms with Gasteiger partial charge in [0.1, 0.15) is 6.10 Å². The van der Waals surface area contributed by atoms with Gasteiger partial charge in [0.2, 0.25) is 21.7 Å². The molecule has 0 aliphatic carbocycles. The predicted octanol–water partition coefficient (Wildman–Crippen LogP) is 4.01. The van der Waals surface area contributed by atoms with Gasteiger partial charge in [0, 0.05) is 24.4 Å². The van der Waals surface area contributed by atoms with Crippen molar-refractivity contribution in [2.45, 2.75) is 29.8 Å². The van der Waals surface area contributed by atoms with Crippen molar-refractivity contribution in [1.29, 1.82) is 0 Å². The molecule has 1 fully saturated rings. The SMILES string of the molecule is O=S(=O)(c1cccc(C(F)(F)F)c1)N1CCC(Oc2ccc(-c3noc(C(F)(F)F)n3)cn2)C1. The van der Waals surface area contributed by atoms with Gasteiger partial charge >= 0.3 is 18.2 Å². The van der Waals surface area contributed by atoms with Gasteiger partial charge in [-0.05, 0) is 30.7 Å². The summed E-state index contributed by atoms with van der Waals surface area (Å²) in [6.07, 6.45) is -8.70. The molecule has 0 saturated carbocycles.